The van der Waals surface area contributed by atoms with E-state index in [-0.39, 0.29) is 24.7 Å². The number of rotatable bonds is 7. The number of carbonyl (C=O) groups excluding carboxylic acids is 2. The number of aliphatic carboxylic acids is 1. The topological polar surface area (TPSA) is 95.9 Å². The van der Waals surface area contributed by atoms with Gasteiger partial charge in [-0.3, -0.25) is 14.4 Å². The van der Waals surface area contributed by atoms with Gasteiger partial charge in [0, 0.05) is 37.2 Å². The molecule has 1 aromatic carbocycles. The molecule has 1 aliphatic rings. The van der Waals surface area contributed by atoms with Crippen molar-refractivity contribution < 1.29 is 24.2 Å². The average Bonchev–Trinajstić information content (AvgIpc) is 2.60. The van der Waals surface area contributed by atoms with Gasteiger partial charge in [0.2, 0.25) is 5.91 Å². The Kier molecular flexibility index (Phi) is 6.94. The minimum Gasteiger partial charge on any atom is -0.481 e. The van der Waals surface area contributed by atoms with Crippen molar-refractivity contribution in [2.45, 2.75) is 32.6 Å². The fourth-order valence-electron chi connectivity index (χ4n) is 2.71. The van der Waals surface area contributed by atoms with E-state index in [0.29, 0.717) is 50.4 Å². The van der Waals surface area contributed by atoms with Crippen LogP contribution in [0, 0.1) is 6.92 Å². The van der Waals surface area contributed by atoms with Gasteiger partial charge in [0.05, 0.1) is 13.2 Å². The van der Waals surface area contributed by atoms with Crippen LogP contribution in [0.15, 0.2) is 18.2 Å². The number of unbranched alkanes of at least 4 members (excludes halogenated alkanes) is 1. The molecule has 7 nitrogen and oxygen atoms in total. The van der Waals surface area contributed by atoms with E-state index in [0.717, 1.165) is 5.56 Å². The van der Waals surface area contributed by atoms with Gasteiger partial charge >= 0.3 is 5.97 Å². The van der Waals surface area contributed by atoms with E-state index in [9.17, 15) is 14.4 Å². The predicted octanol–water partition coefficient (Wildman–Crippen LogP) is 2.05. The lowest BCUT2D eigenvalue weighted by Gasteiger charge is -2.27. The molecule has 136 valence electrons. The third kappa shape index (κ3) is 5.56. The quantitative estimate of drug-likeness (QED) is 0.735. The van der Waals surface area contributed by atoms with Crippen molar-refractivity contribution in [3.05, 3.63) is 29.3 Å². The summed E-state index contributed by atoms with van der Waals surface area (Å²) in [5.74, 6) is -1.09. The van der Waals surface area contributed by atoms with E-state index in [1.54, 1.807) is 23.1 Å². The van der Waals surface area contributed by atoms with Crippen molar-refractivity contribution in [3.63, 3.8) is 0 Å². The lowest BCUT2D eigenvalue weighted by atomic mass is 10.0. The van der Waals surface area contributed by atoms with E-state index >= 15 is 0 Å². The molecule has 0 aromatic heterocycles. The van der Waals surface area contributed by atoms with Gasteiger partial charge in [-0.15, -0.1) is 0 Å². The molecule has 25 heavy (non-hydrogen) atoms. The highest BCUT2D eigenvalue weighted by Crippen LogP contribution is 2.21. The Hall–Kier alpha value is -2.41. The highest BCUT2D eigenvalue weighted by atomic mass is 16.5. The molecule has 2 N–H and O–H groups in total. The van der Waals surface area contributed by atoms with Crippen LogP contribution in [0.2, 0.25) is 0 Å². The molecule has 2 rings (SSSR count). The molecule has 1 aliphatic heterocycles. The van der Waals surface area contributed by atoms with Gasteiger partial charge in [0.1, 0.15) is 0 Å². The Balaban J connectivity index is 1.96. The van der Waals surface area contributed by atoms with Crippen LogP contribution >= 0.6 is 0 Å². The first-order chi connectivity index (χ1) is 12.0. The first-order valence-electron chi connectivity index (χ1n) is 8.47. The number of nitrogens with one attached hydrogen (secondary N) is 1. The second kappa shape index (κ2) is 9.17. The number of hydrogen-bond acceptors (Lipinski definition) is 4. The van der Waals surface area contributed by atoms with Crippen LogP contribution in [-0.2, 0) is 14.3 Å². The lowest BCUT2D eigenvalue weighted by molar-refractivity contribution is -0.137. The third-order valence-electron chi connectivity index (χ3n) is 4.18. The van der Waals surface area contributed by atoms with Gasteiger partial charge < -0.3 is 20.1 Å². The molecule has 7 heteroatoms. The summed E-state index contributed by atoms with van der Waals surface area (Å²) >= 11 is 0. The van der Waals surface area contributed by atoms with Crippen LogP contribution in [0.3, 0.4) is 0 Å². The van der Waals surface area contributed by atoms with Crippen molar-refractivity contribution in [1.82, 2.24) is 4.90 Å². The van der Waals surface area contributed by atoms with Crippen molar-refractivity contribution >= 4 is 23.5 Å². The Morgan fingerprint density at radius 2 is 1.84 bits per heavy atom. The fraction of sp³-hybridized carbons (Fsp3) is 0.500. The molecule has 0 atom stereocenters. The number of hydrogen-bond donors (Lipinski definition) is 2. The van der Waals surface area contributed by atoms with E-state index in [2.05, 4.69) is 5.32 Å². The maximum Gasteiger partial charge on any atom is 0.303 e. The zero-order chi connectivity index (χ0) is 18.2. The second-order valence-corrected chi connectivity index (χ2v) is 6.03. The van der Waals surface area contributed by atoms with E-state index in [1.165, 1.54) is 0 Å². The van der Waals surface area contributed by atoms with Crippen LogP contribution in [0.5, 0.6) is 0 Å². The first kappa shape index (κ1) is 18.9. The number of ether oxygens (including phenoxy) is 1. The normalized spacial score (nSPS) is 14.2. The summed E-state index contributed by atoms with van der Waals surface area (Å²) in [4.78, 5) is 36.9. The van der Waals surface area contributed by atoms with Crippen LogP contribution < -0.4 is 5.32 Å². The smallest absolute Gasteiger partial charge is 0.303 e. The van der Waals surface area contributed by atoms with Crippen molar-refractivity contribution in [1.29, 1.82) is 0 Å². The van der Waals surface area contributed by atoms with E-state index in [1.807, 2.05) is 6.92 Å². The molecule has 1 heterocycles. The van der Waals surface area contributed by atoms with Gasteiger partial charge in [-0.1, -0.05) is 6.07 Å². The zero-order valence-electron chi connectivity index (χ0n) is 14.4. The number of carbonyl (C=O) groups is 3. The number of anilines is 1. The van der Waals surface area contributed by atoms with Crippen LogP contribution in [0.25, 0.3) is 0 Å². The Morgan fingerprint density at radius 1 is 1.16 bits per heavy atom. The zero-order valence-corrected chi connectivity index (χ0v) is 14.4. The molecule has 0 spiro atoms. The van der Waals surface area contributed by atoms with Gasteiger partial charge in [0.15, 0.2) is 0 Å². The summed E-state index contributed by atoms with van der Waals surface area (Å²) in [7, 11) is 0. The Bertz CT molecular complexity index is 638. The summed E-state index contributed by atoms with van der Waals surface area (Å²) in [5.41, 5.74) is 1.92. The molecule has 1 fully saturated rings. The molecule has 0 unspecified atom stereocenters. The third-order valence-corrected chi connectivity index (χ3v) is 4.18. The minimum atomic E-state index is -0.856. The molecule has 2 amide bonds. The molecule has 0 aliphatic carbocycles. The molecule has 1 saturated heterocycles. The largest absolute Gasteiger partial charge is 0.481 e. The number of carboxylic acid groups (broad SMARTS) is 1. The summed E-state index contributed by atoms with van der Waals surface area (Å²) in [5, 5.41) is 11.4. The lowest BCUT2D eigenvalue weighted by Crippen LogP contribution is -2.41. The van der Waals surface area contributed by atoms with Gasteiger partial charge in [-0.2, -0.15) is 0 Å². The number of carboxylic acids is 1. The Morgan fingerprint density at radius 3 is 2.52 bits per heavy atom. The maximum atomic E-state index is 12.6. The SMILES string of the molecule is Cc1c(NC(=O)CCCCC(=O)O)cccc1C(=O)N1CCOCC1. The standard InChI is InChI=1S/C18H24N2O5/c1-13-14(18(24)20-9-11-25-12-10-20)5-4-6-15(13)19-16(21)7-2-3-8-17(22)23/h4-6H,2-3,7-12H2,1H3,(H,19,21)(H,22,23). The predicted molar refractivity (Wildman–Crippen MR) is 92.6 cm³/mol. The van der Waals surface area contributed by atoms with Crippen LogP contribution in [-0.4, -0.2) is 54.1 Å². The number of nitrogens with zero attached hydrogens (tertiary/aromatic N) is 1. The summed E-state index contributed by atoms with van der Waals surface area (Å²) in [6.07, 6.45) is 1.31. The maximum absolute atomic E-state index is 12.6. The highest BCUT2D eigenvalue weighted by Gasteiger charge is 2.21. The van der Waals surface area contributed by atoms with E-state index in [4.69, 9.17) is 9.84 Å². The van der Waals surface area contributed by atoms with Gasteiger partial charge in [-0.25, -0.2) is 0 Å². The molecular weight excluding hydrogens is 324 g/mol. The monoisotopic (exact) mass is 348 g/mol. The second-order valence-electron chi connectivity index (χ2n) is 6.03. The first-order valence-corrected chi connectivity index (χ1v) is 8.47. The molecule has 1 aromatic rings. The highest BCUT2D eigenvalue weighted by molar-refractivity contribution is 5.99. The molecule has 0 radical (unpaired) electrons. The summed E-state index contributed by atoms with van der Waals surface area (Å²) < 4.78 is 5.27. The molecular formula is C18H24N2O5. The van der Waals surface area contributed by atoms with Crippen LogP contribution in [0.4, 0.5) is 5.69 Å². The van der Waals surface area contributed by atoms with E-state index < -0.39 is 5.97 Å². The number of amides is 2. The Labute approximate surface area is 147 Å². The fourth-order valence-corrected chi connectivity index (χ4v) is 2.71. The molecule has 0 saturated carbocycles. The van der Waals surface area contributed by atoms with Crippen LogP contribution in [0.1, 0.15) is 41.6 Å². The van der Waals surface area contributed by atoms with Gasteiger partial charge in [-0.05, 0) is 37.5 Å². The summed E-state index contributed by atoms with van der Waals surface area (Å²) in [6.45, 7) is 4.03. The van der Waals surface area contributed by atoms with Crippen molar-refractivity contribution in [2.24, 2.45) is 0 Å². The molecule has 0 bridgehead atoms. The van der Waals surface area contributed by atoms with Crippen molar-refractivity contribution in [3.8, 4) is 0 Å². The van der Waals surface area contributed by atoms with Crippen molar-refractivity contribution in [2.75, 3.05) is 31.6 Å². The van der Waals surface area contributed by atoms with Gasteiger partial charge in [0.25, 0.3) is 5.91 Å². The average molecular weight is 348 g/mol. The number of benzene rings is 1. The number of morpholine rings is 1. The summed E-state index contributed by atoms with van der Waals surface area (Å²) in [6, 6.07) is 5.27. The minimum absolute atomic E-state index is 0.0571.